The SMILES string of the molecule is COC(=O)C1(NC(=O)Cc2c(C)nc(C)[nH]c2=O)CCC(C)CC1. The first-order valence-electron chi connectivity index (χ1n) is 8.23. The number of esters is 1. The van der Waals surface area contributed by atoms with Gasteiger partial charge in [-0.2, -0.15) is 0 Å². The molecule has 0 bridgehead atoms. The van der Waals surface area contributed by atoms with Gasteiger partial charge in [0, 0.05) is 11.3 Å². The van der Waals surface area contributed by atoms with Crippen LogP contribution in [0.15, 0.2) is 4.79 Å². The smallest absolute Gasteiger partial charge is 0.331 e. The molecule has 132 valence electrons. The largest absolute Gasteiger partial charge is 0.467 e. The fourth-order valence-corrected chi connectivity index (χ4v) is 3.26. The molecule has 0 atom stereocenters. The summed E-state index contributed by atoms with van der Waals surface area (Å²) in [6.07, 6.45) is 2.69. The van der Waals surface area contributed by atoms with Crippen LogP contribution in [0.3, 0.4) is 0 Å². The highest BCUT2D eigenvalue weighted by Gasteiger charge is 2.43. The summed E-state index contributed by atoms with van der Waals surface area (Å²) in [5.41, 5.74) is -0.463. The van der Waals surface area contributed by atoms with Crippen molar-refractivity contribution in [3.8, 4) is 0 Å². The van der Waals surface area contributed by atoms with Crippen molar-refractivity contribution in [3.05, 3.63) is 27.4 Å². The predicted octanol–water partition coefficient (Wildman–Crippen LogP) is 1.17. The van der Waals surface area contributed by atoms with Gasteiger partial charge in [-0.05, 0) is 45.4 Å². The number of nitrogens with zero attached hydrogens (tertiary/aromatic N) is 1. The Morgan fingerprint density at radius 2 is 1.96 bits per heavy atom. The number of nitrogens with one attached hydrogen (secondary N) is 2. The number of carbonyl (C=O) groups is 2. The minimum absolute atomic E-state index is 0.108. The monoisotopic (exact) mass is 335 g/mol. The van der Waals surface area contributed by atoms with E-state index in [0.29, 0.717) is 35.8 Å². The normalized spacial score (nSPS) is 23.6. The van der Waals surface area contributed by atoms with Gasteiger partial charge in [0.25, 0.3) is 5.56 Å². The summed E-state index contributed by atoms with van der Waals surface area (Å²) < 4.78 is 4.91. The van der Waals surface area contributed by atoms with Crippen molar-refractivity contribution in [2.75, 3.05) is 7.11 Å². The van der Waals surface area contributed by atoms with Gasteiger partial charge >= 0.3 is 5.97 Å². The van der Waals surface area contributed by atoms with Crippen LogP contribution >= 0.6 is 0 Å². The summed E-state index contributed by atoms with van der Waals surface area (Å²) in [4.78, 5) is 43.5. The Labute approximate surface area is 141 Å². The lowest BCUT2D eigenvalue weighted by molar-refractivity contribution is -0.153. The quantitative estimate of drug-likeness (QED) is 0.804. The molecular weight excluding hydrogens is 310 g/mol. The highest BCUT2D eigenvalue weighted by molar-refractivity contribution is 5.89. The first-order valence-corrected chi connectivity index (χ1v) is 8.23. The van der Waals surface area contributed by atoms with Crippen LogP contribution in [-0.2, 0) is 20.7 Å². The zero-order chi connectivity index (χ0) is 17.9. The van der Waals surface area contributed by atoms with Crippen LogP contribution in [0.5, 0.6) is 0 Å². The third-order valence-electron chi connectivity index (χ3n) is 4.76. The second kappa shape index (κ2) is 7.15. The molecule has 1 aromatic rings. The van der Waals surface area contributed by atoms with Crippen molar-refractivity contribution in [2.24, 2.45) is 5.92 Å². The molecular formula is C17H25N3O4. The maximum Gasteiger partial charge on any atom is 0.331 e. The molecule has 7 heteroatoms. The van der Waals surface area contributed by atoms with Crippen molar-refractivity contribution in [1.29, 1.82) is 0 Å². The highest BCUT2D eigenvalue weighted by atomic mass is 16.5. The van der Waals surface area contributed by atoms with Gasteiger partial charge in [-0.15, -0.1) is 0 Å². The zero-order valence-electron chi connectivity index (χ0n) is 14.7. The van der Waals surface area contributed by atoms with Gasteiger partial charge in [0.1, 0.15) is 11.4 Å². The molecule has 1 heterocycles. The topological polar surface area (TPSA) is 101 Å². The van der Waals surface area contributed by atoms with E-state index in [1.165, 1.54) is 7.11 Å². The Morgan fingerprint density at radius 3 is 2.50 bits per heavy atom. The number of rotatable bonds is 4. The molecule has 0 unspecified atom stereocenters. The van der Waals surface area contributed by atoms with Gasteiger partial charge in [0.05, 0.1) is 13.5 Å². The van der Waals surface area contributed by atoms with Crippen LogP contribution in [0, 0.1) is 19.8 Å². The van der Waals surface area contributed by atoms with E-state index in [1.54, 1.807) is 13.8 Å². The Bertz CT molecular complexity index is 688. The summed E-state index contributed by atoms with van der Waals surface area (Å²) >= 11 is 0. The molecule has 0 radical (unpaired) electrons. The molecule has 0 aromatic carbocycles. The lowest BCUT2D eigenvalue weighted by atomic mass is 9.77. The third-order valence-corrected chi connectivity index (χ3v) is 4.76. The Morgan fingerprint density at radius 1 is 1.33 bits per heavy atom. The Kier molecular flexibility index (Phi) is 5.41. The van der Waals surface area contributed by atoms with Gasteiger partial charge in [-0.1, -0.05) is 6.92 Å². The molecule has 1 aliphatic carbocycles. The summed E-state index contributed by atoms with van der Waals surface area (Å²) in [7, 11) is 1.33. The fraction of sp³-hybridized carbons (Fsp3) is 0.647. The van der Waals surface area contributed by atoms with Crippen molar-refractivity contribution in [3.63, 3.8) is 0 Å². The fourth-order valence-electron chi connectivity index (χ4n) is 3.26. The molecule has 1 saturated carbocycles. The minimum Gasteiger partial charge on any atom is -0.467 e. The number of amides is 1. The number of aromatic nitrogens is 2. The van der Waals surface area contributed by atoms with E-state index in [9.17, 15) is 14.4 Å². The van der Waals surface area contributed by atoms with Crippen LogP contribution in [0.1, 0.15) is 49.7 Å². The van der Waals surface area contributed by atoms with E-state index in [1.807, 2.05) is 0 Å². The van der Waals surface area contributed by atoms with Crippen molar-refractivity contribution >= 4 is 11.9 Å². The second-order valence-electron chi connectivity index (χ2n) is 6.70. The predicted molar refractivity (Wildman–Crippen MR) is 88.6 cm³/mol. The van der Waals surface area contributed by atoms with E-state index in [4.69, 9.17) is 4.74 Å². The van der Waals surface area contributed by atoms with E-state index >= 15 is 0 Å². The summed E-state index contributed by atoms with van der Waals surface area (Å²) in [5.74, 6) is 0.240. The van der Waals surface area contributed by atoms with Crippen LogP contribution in [0.25, 0.3) is 0 Å². The Hall–Kier alpha value is -2.18. The summed E-state index contributed by atoms with van der Waals surface area (Å²) in [6.45, 7) is 5.51. The summed E-state index contributed by atoms with van der Waals surface area (Å²) in [6, 6.07) is 0. The molecule has 1 aromatic heterocycles. The molecule has 7 nitrogen and oxygen atoms in total. The first kappa shape index (κ1) is 18.2. The number of ether oxygens (including phenoxy) is 1. The lowest BCUT2D eigenvalue weighted by Crippen LogP contribution is -2.57. The van der Waals surface area contributed by atoms with Crippen LogP contribution in [0.2, 0.25) is 0 Å². The van der Waals surface area contributed by atoms with Gasteiger partial charge in [-0.25, -0.2) is 9.78 Å². The average molecular weight is 335 g/mol. The number of aryl methyl sites for hydroxylation is 2. The van der Waals surface area contributed by atoms with Gasteiger partial charge < -0.3 is 15.0 Å². The first-order chi connectivity index (χ1) is 11.3. The molecule has 1 aliphatic rings. The third kappa shape index (κ3) is 3.83. The standard InChI is InChI=1S/C17H25N3O4/c1-10-5-7-17(8-6-10,16(23)24-4)20-14(21)9-13-11(2)18-12(3)19-15(13)22/h10H,5-9H2,1-4H3,(H,20,21)(H,18,19,22). The molecule has 0 spiro atoms. The van der Waals surface area contributed by atoms with E-state index in [2.05, 4.69) is 22.2 Å². The molecule has 2 N–H and O–H groups in total. The van der Waals surface area contributed by atoms with E-state index < -0.39 is 11.5 Å². The van der Waals surface area contributed by atoms with Crippen LogP contribution in [0.4, 0.5) is 0 Å². The van der Waals surface area contributed by atoms with Crippen LogP contribution in [-0.4, -0.2) is 34.5 Å². The van der Waals surface area contributed by atoms with Gasteiger partial charge in [-0.3, -0.25) is 9.59 Å². The Balaban J connectivity index is 2.17. The molecule has 0 aliphatic heterocycles. The second-order valence-corrected chi connectivity index (χ2v) is 6.70. The van der Waals surface area contributed by atoms with Crippen molar-refractivity contribution < 1.29 is 14.3 Å². The molecule has 1 amide bonds. The molecule has 24 heavy (non-hydrogen) atoms. The van der Waals surface area contributed by atoms with Gasteiger partial charge in [0.15, 0.2) is 0 Å². The maximum absolute atomic E-state index is 12.5. The van der Waals surface area contributed by atoms with E-state index in [0.717, 1.165) is 12.8 Å². The van der Waals surface area contributed by atoms with Crippen molar-refractivity contribution in [1.82, 2.24) is 15.3 Å². The number of methoxy groups -OCH3 is 1. The minimum atomic E-state index is -0.989. The zero-order valence-corrected chi connectivity index (χ0v) is 14.7. The molecule has 0 saturated heterocycles. The maximum atomic E-state index is 12.5. The average Bonchev–Trinajstić information content (AvgIpc) is 2.52. The number of carbonyl (C=O) groups excluding carboxylic acids is 2. The molecule has 1 fully saturated rings. The number of hydrogen-bond donors (Lipinski definition) is 2. The highest BCUT2D eigenvalue weighted by Crippen LogP contribution is 2.33. The number of H-pyrrole nitrogens is 1. The van der Waals surface area contributed by atoms with Crippen molar-refractivity contribution in [2.45, 2.75) is 58.4 Å². The molecule has 2 rings (SSSR count). The number of aromatic amines is 1. The summed E-state index contributed by atoms with van der Waals surface area (Å²) in [5, 5.41) is 2.83. The number of hydrogen-bond acceptors (Lipinski definition) is 5. The van der Waals surface area contributed by atoms with Gasteiger partial charge in [0.2, 0.25) is 5.91 Å². The van der Waals surface area contributed by atoms with Crippen LogP contribution < -0.4 is 10.9 Å². The lowest BCUT2D eigenvalue weighted by Gasteiger charge is -2.37. The van der Waals surface area contributed by atoms with E-state index in [-0.39, 0.29) is 17.9 Å².